The van der Waals surface area contributed by atoms with Crippen LogP contribution in [0, 0.1) is 22.7 Å². The molecule has 6 nitrogen and oxygen atoms in total. The fourth-order valence-electron chi connectivity index (χ4n) is 7.04. The van der Waals surface area contributed by atoms with E-state index >= 15 is 4.39 Å². The van der Waals surface area contributed by atoms with Crippen LogP contribution < -0.4 is 0 Å². The van der Waals surface area contributed by atoms with Crippen molar-refractivity contribution < 1.29 is 33.7 Å². The minimum Gasteiger partial charge on any atom is -0.458 e. The third-order valence-electron chi connectivity index (χ3n) is 8.91. The molecule has 0 unspecified atom stereocenters. The number of carbonyl (C=O) groups is 3. The van der Waals surface area contributed by atoms with Gasteiger partial charge in [-0.1, -0.05) is 25.5 Å². The molecule has 0 aliphatic heterocycles. The molecule has 4 aliphatic carbocycles. The summed E-state index contributed by atoms with van der Waals surface area (Å²) in [5.74, 6) is -2.18. The molecule has 7 atom stereocenters. The number of allylic oxidation sites excluding steroid dienone is 4. The maximum absolute atomic E-state index is 16.9. The van der Waals surface area contributed by atoms with E-state index in [1.54, 1.807) is 26.8 Å². The highest BCUT2D eigenvalue weighted by molar-refractivity contribution is 6.01. The lowest BCUT2D eigenvalue weighted by molar-refractivity contribution is -0.217. The fourth-order valence-corrected chi connectivity index (χ4v) is 7.04. The summed E-state index contributed by atoms with van der Waals surface area (Å²) in [5, 5.41) is 22.7. The standard InChI is InChI=1S/C24H31FO6/c1-4-20(29)31-13-19(28)23(30)10-8-16-17-6-5-14-11-15(26)7-9-21(14,2)24(17,25)18(27)12-22(16,23)3/h7,9,11,16-18,27,30H,4-6,8,10,12-13H2,1-3H3/t16-,17-,18-,21-,22-,23-,24-/m0/s1. The van der Waals surface area contributed by atoms with Gasteiger partial charge in [0.15, 0.2) is 18.1 Å². The van der Waals surface area contributed by atoms with Crippen molar-refractivity contribution in [1.82, 2.24) is 0 Å². The number of rotatable bonds is 4. The Morgan fingerprint density at radius 2 is 1.97 bits per heavy atom. The minimum atomic E-state index is -2.00. The van der Waals surface area contributed by atoms with Crippen LogP contribution in [0.5, 0.6) is 0 Å². The van der Waals surface area contributed by atoms with Crippen molar-refractivity contribution in [3.63, 3.8) is 0 Å². The summed E-state index contributed by atoms with van der Waals surface area (Å²) >= 11 is 0. The van der Waals surface area contributed by atoms with Gasteiger partial charge in [-0.2, -0.15) is 0 Å². The van der Waals surface area contributed by atoms with Crippen molar-refractivity contribution in [2.45, 2.75) is 76.7 Å². The Morgan fingerprint density at radius 3 is 2.65 bits per heavy atom. The smallest absolute Gasteiger partial charge is 0.305 e. The normalized spacial score (nSPS) is 45.9. The first-order valence-corrected chi connectivity index (χ1v) is 11.2. The van der Waals surface area contributed by atoms with Crippen molar-refractivity contribution in [3.05, 3.63) is 23.8 Å². The lowest BCUT2D eigenvalue weighted by Crippen LogP contribution is -2.69. The van der Waals surface area contributed by atoms with Gasteiger partial charge >= 0.3 is 5.97 Å². The Morgan fingerprint density at radius 1 is 1.26 bits per heavy atom. The average Bonchev–Trinajstić information content (AvgIpc) is 2.99. The fraction of sp³-hybridized carbons (Fsp3) is 0.708. The number of Topliss-reactive ketones (excluding diaryl/α,β-unsaturated/α-hetero) is 1. The maximum Gasteiger partial charge on any atom is 0.305 e. The monoisotopic (exact) mass is 434 g/mol. The molecule has 3 saturated carbocycles. The average molecular weight is 435 g/mol. The van der Waals surface area contributed by atoms with Gasteiger partial charge in [0.25, 0.3) is 0 Å². The first-order valence-electron chi connectivity index (χ1n) is 11.2. The zero-order chi connectivity index (χ0) is 22.8. The van der Waals surface area contributed by atoms with Crippen LogP contribution in [0.4, 0.5) is 4.39 Å². The Kier molecular flexibility index (Phi) is 5.10. The molecule has 0 bridgehead atoms. The van der Waals surface area contributed by atoms with E-state index in [-0.39, 0.29) is 31.0 Å². The summed E-state index contributed by atoms with van der Waals surface area (Å²) in [6.45, 7) is 4.58. The van der Waals surface area contributed by atoms with E-state index in [4.69, 9.17) is 4.74 Å². The Hall–Kier alpha value is -1.86. The Labute approximate surface area is 181 Å². The molecule has 0 aromatic rings. The lowest BCUT2D eigenvalue weighted by atomic mass is 9.44. The van der Waals surface area contributed by atoms with Crippen LogP contribution in [0.1, 0.15) is 59.3 Å². The third-order valence-corrected chi connectivity index (χ3v) is 8.91. The molecule has 4 rings (SSSR count). The number of ketones is 2. The summed E-state index contributed by atoms with van der Waals surface area (Å²) in [7, 11) is 0. The molecule has 0 saturated heterocycles. The van der Waals surface area contributed by atoms with Gasteiger partial charge in [0.05, 0.1) is 6.10 Å². The first kappa shape index (κ1) is 22.3. The van der Waals surface area contributed by atoms with Gasteiger partial charge in [-0.3, -0.25) is 14.4 Å². The third kappa shape index (κ3) is 2.78. The topological polar surface area (TPSA) is 101 Å². The summed E-state index contributed by atoms with van der Waals surface area (Å²) < 4.78 is 21.9. The van der Waals surface area contributed by atoms with Gasteiger partial charge in [0.2, 0.25) is 5.78 Å². The molecule has 0 amide bonds. The van der Waals surface area contributed by atoms with Crippen LogP contribution in [0.3, 0.4) is 0 Å². The van der Waals surface area contributed by atoms with Crippen molar-refractivity contribution >= 4 is 17.5 Å². The molecule has 0 radical (unpaired) electrons. The largest absolute Gasteiger partial charge is 0.458 e. The van der Waals surface area contributed by atoms with E-state index in [1.807, 2.05) is 0 Å². The first-order chi connectivity index (χ1) is 14.4. The van der Waals surface area contributed by atoms with Crippen LogP contribution >= 0.6 is 0 Å². The van der Waals surface area contributed by atoms with E-state index in [0.717, 1.165) is 0 Å². The molecule has 31 heavy (non-hydrogen) atoms. The Balaban J connectivity index is 1.68. The zero-order valence-electron chi connectivity index (χ0n) is 18.3. The molecule has 0 spiro atoms. The van der Waals surface area contributed by atoms with Gasteiger partial charge in [-0.05, 0) is 57.1 Å². The van der Waals surface area contributed by atoms with E-state index in [0.29, 0.717) is 24.8 Å². The van der Waals surface area contributed by atoms with Crippen LogP contribution in [-0.4, -0.2) is 51.7 Å². The molecule has 0 heterocycles. The second kappa shape index (κ2) is 7.07. The van der Waals surface area contributed by atoms with Gasteiger partial charge in [-0.15, -0.1) is 0 Å². The lowest BCUT2D eigenvalue weighted by Gasteiger charge is -2.62. The van der Waals surface area contributed by atoms with Gasteiger partial charge in [0.1, 0.15) is 5.60 Å². The Bertz CT molecular complexity index is 895. The van der Waals surface area contributed by atoms with E-state index in [9.17, 15) is 24.6 Å². The van der Waals surface area contributed by atoms with Crippen LogP contribution in [-0.2, 0) is 19.1 Å². The molecule has 3 fully saturated rings. The predicted molar refractivity (Wildman–Crippen MR) is 110 cm³/mol. The number of hydrogen-bond donors (Lipinski definition) is 2. The minimum absolute atomic E-state index is 0.0840. The number of esters is 1. The summed E-state index contributed by atoms with van der Waals surface area (Å²) in [4.78, 5) is 36.3. The van der Waals surface area contributed by atoms with E-state index < -0.39 is 52.5 Å². The molecular weight excluding hydrogens is 403 g/mol. The van der Waals surface area contributed by atoms with E-state index in [1.165, 1.54) is 12.2 Å². The molecule has 7 heteroatoms. The van der Waals surface area contributed by atoms with E-state index in [2.05, 4.69) is 0 Å². The summed E-state index contributed by atoms with van der Waals surface area (Å²) in [6, 6.07) is 0. The highest BCUT2D eigenvalue weighted by Crippen LogP contribution is 2.69. The molecule has 170 valence electrons. The van der Waals surface area contributed by atoms with Crippen LogP contribution in [0.2, 0.25) is 0 Å². The predicted octanol–water partition coefficient (Wildman–Crippen LogP) is 2.61. The van der Waals surface area contributed by atoms with Crippen molar-refractivity contribution in [3.8, 4) is 0 Å². The van der Waals surface area contributed by atoms with Crippen LogP contribution in [0.25, 0.3) is 0 Å². The van der Waals surface area contributed by atoms with Crippen LogP contribution in [0.15, 0.2) is 23.8 Å². The maximum atomic E-state index is 16.9. The number of halogens is 1. The number of fused-ring (bicyclic) bond motifs is 5. The zero-order valence-corrected chi connectivity index (χ0v) is 18.3. The quantitative estimate of drug-likeness (QED) is 0.660. The molecular formula is C24H31FO6. The second-order valence-corrected chi connectivity index (χ2v) is 10.1. The number of aliphatic hydroxyl groups is 2. The molecule has 4 aliphatic rings. The number of alkyl halides is 1. The van der Waals surface area contributed by atoms with Crippen molar-refractivity contribution in [1.29, 1.82) is 0 Å². The van der Waals surface area contributed by atoms with Crippen molar-refractivity contribution in [2.24, 2.45) is 22.7 Å². The second-order valence-electron chi connectivity index (χ2n) is 10.1. The highest BCUT2D eigenvalue weighted by Gasteiger charge is 2.74. The number of hydrogen-bond acceptors (Lipinski definition) is 6. The summed E-state index contributed by atoms with van der Waals surface area (Å²) in [6.07, 6.45) is 4.61. The molecule has 0 aromatic heterocycles. The highest BCUT2D eigenvalue weighted by atomic mass is 19.1. The number of aliphatic hydroxyl groups excluding tert-OH is 1. The SMILES string of the molecule is CCC(=O)OCC(=O)[C@@]1(O)CC[C@H]2[C@@H]3CCC4=CC(=O)C=C[C@]4(C)[C@@]3(F)[C@@H](O)C[C@@]21C. The number of carbonyl (C=O) groups excluding carboxylic acids is 3. The summed E-state index contributed by atoms with van der Waals surface area (Å²) in [5.41, 5.74) is -5.23. The van der Waals surface area contributed by atoms with Gasteiger partial charge < -0.3 is 14.9 Å². The van der Waals surface area contributed by atoms with Gasteiger partial charge in [0, 0.05) is 23.2 Å². The number of ether oxygens (including phenoxy) is 1. The van der Waals surface area contributed by atoms with Gasteiger partial charge in [-0.25, -0.2) is 4.39 Å². The molecule has 0 aromatic carbocycles. The van der Waals surface area contributed by atoms with Crippen molar-refractivity contribution in [2.75, 3.05) is 6.61 Å². The molecule has 2 N–H and O–H groups in total.